The number of carbonyl (C=O) groups excluding carboxylic acids is 1. The maximum atomic E-state index is 12.2. The van der Waals surface area contributed by atoms with Crippen molar-refractivity contribution in [1.29, 1.82) is 0 Å². The second-order valence-corrected chi connectivity index (χ2v) is 6.87. The lowest BCUT2D eigenvalue weighted by atomic mass is 10.2. The second-order valence-electron chi connectivity index (χ2n) is 6.87. The molecule has 2 aliphatic carbocycles. The van der Waals surface area contributed by atoms with Gasteiger partial charge in [-0.15, -0.1) is 0 Å². The number of hydrogen-bond acceptors (Lipinski definition) is 3. The normalized spacial score (nSPS) is 18.5. The molecule has 0 aliphatic heterocycles. The quantitative estimate of drug-likeness (QED) is 0.775. The third-order valence-corrected chi connectivity index (χ3v) is 4.47. The van der Waals surface area contributed by atoms with E-state index in [0.717, 1.165) is 36.6 Å². The van der Waals surface area contributed by atoms with Crippen LogP contribution in [0.1, 0.15) is 31.2 Å². The van der Waals surface area contributed by atoms with Crippen LogP contribution in [-0.4, -0.2) is 42.3 Å². The summed E-state index contributed by atoms with van der Waals surface area (Å²) in [6, 6.07) is 7.54. The standard InChI is InChI=1S/C18H26N2O3/c1-20(10-17(21)15-7-8-15)18(22)19-16-4-2-3-14(9-16)12-23-11-13-5-6-13/h2-4,9,13,15,17,21H,5-8,10-12H2,1H3,(H,19,22). The maximum Gasteiger partial charge on any atom is 0.321 e. The Hall–Kier alpha value is -1.59. The molecule has 0 heterocycles. The van der Waals surface area contributed by atoms with Crippen LogP contribution in [0.3, 0.4) is 0 Å². The Balaban J connectivity index is 1.46. The van der Waals surface area contributed by atoms with Crippen molar-refractivity contribution in [2.24, 2.45) is 11.8 Å². The number of amides is 2. The van der Waals surface area contributed by atoms with Crippen LogP contribution in [0, 0.1) is 11.8 Å². The average Bonchev–Trinajstić information content (AvgIpc) is 3.39. The third kappa shape index (κ3) is 5.22. The van der Waals surface area contributed by atoms with Crippen LogP contribution in [-0.2, 0) is 11.3 Å². The Kier molecular flexibility index (Phi) is 5.18. The van der Waals surface area contributed by atoms with E-state index in [1.807, 2.05) is 24.3 Å². The first-order valence-electron chi connectivity index (χ1n) is 8.48. The minimum Gasteiger partial charge on any atom is -0.391 e. The summed E-state index contributed by atoms with van der Waals surface area (Å²) in [6.45, 7) is 1.79. The van der Waals surface area contributed by atoms with Gasteiger partial charge in [0.15, 0.2) is 0 Å². The number of anilines is 1. The van der Waals surface area contributed by atoms with E-state index in [2.05, 4.69) is 5.32 Å². The lowest BCUT2D eigenvalue weighted by Gasteiger charge is -2.21. The Bertz CT molecular complexity index is 541. The maximum absolute atomic E-state index is 12.2. The van der Waals surface area contributed by atoms with Gasteiger partial charge in [-0.2, -0.15) is 0 Å². The van der Waals surface area contributed by atoms with Crippen molar-refractivity contribution in [2.75, 3.05) is 25.5 Å². The van der Waals surface area contributed by atoms with Gasteiger partial charge in [-0.25, -0.2) is 4.79 Å². The molecule has 1 aromatic carbocycles. The van der Waals surface area contributed by atoms with E-state index < -0.39 is 6.10 Å². The van der Waals surface area contributed by atoms with Gasteiger partial charge >= 0.3 is 6.03 Å². The van der Waals surface area contributed by atoms with Crippen LogP contribution in [0.2, 0.25) is 0 Å². The molecule has 1 unspecified atom stereocenters. The topological polar surface area (TPSA) is 61.8 Å². The summed E-state index contributed by atoms with van der Waals surface area (Å²) in [5, 5.41) is 12.8. The van der Waals surface area contributed by atoms with Crippen LogP contribution < -0.4 is 5.32 Å². The molecule has 0 aromatic heterocycles. The lowest BCUT2D eigenvalue weighted by Crippen LogP contribution is -2.38. The zero-order valence-corrected chi connectivity index (χ0v) is 13.7. The molecule has 2 aliphatic rings. The smallest absolute Gasteiger partial charge is 0.321 e. The molecular weight excluding hydrogens is 292 g/mol. The van der Waals surface area contributed by atoms with Crippen molar-refractivity contribution >= 4 is 11.7 Å². The first-order valence-corrected chi connectivity index (χ1v) is 8.48. The molecule has 5 nitrogen and oxygen atoms in total. The number of urea groups is 1. The van der Waals surface area contributed by atoms with E-state index in [9.17, 15) is 9.90 Å². The fourth-order valence-electron chi connectivity index (χ4n) is 2.58. The minimum atomic E-state index is -0.409. The highest BCUT2D eigenvalue weighted by molar-refractivity contribution is 5.89. The summed E-state index contributed by atoms with van der Waals surface area (Å²) in [4.78, 5) is 13.7. The zero-order chi connectivity index (χ0) is 16.2. The van der Waals surface area contributed by atoms with Crippen LogP contribution in [0.25, 0.3) is 0 Å². The van der Waals surface area contributed by atoms with Gasteiger partial charge in [0.1, 0.15) is 0 Å². The van der Waals surface area contributed by atoms with E-state index in [1.54, 1.807) is 11.9 Å². The number of benzene rings is 1. The summed E-state index contributed by atoms with van der Waals surface area (Å²) in [5.41, 5.74) is 1.82. The Labute approximate surface area is 137 Å². The summed E-state index contributed by atoms with van der Waals surface area (Å²) in [7, 11) is 1.71. The third-order valence-electron chi connectivity index (χ3n) is 4.47. The SMILES string of the molecule is CN(CC(O)C1CC1)C(=O)Nc1cccc(COCC2CC2)c1. The molecule has 23 heavy (non-hydrogen) atoms. The number of hydrogen-bond donors (Lipinski definition) is 2. The molecule has 1 atom stereocenters. The summed E-state index contributed by atoms with van der Waals surface area (Å²) < 4.78 is 5.68. The number of nitrogens with zero attached hydrogens (tertiary/aromatic N) is 1. The molecule has 0 spiro atoms. The molecular formula is C18H26N2O3. The van der Waals surface area contributed by atoms with Crippen molar-refractivity contribution in [2.45, 2.75) is 38.4 Å². The first kappa shape index (κ1) is 16.3. The van der Waals surface area contributed by atoms with Gasteiger partial charge in [0.25, 0.3) is 0 Å². The molecule has 2 N–H and O–H groups in total. The Morgan fingerprint density at radius 3 is 2.87 bits per heavy atom. The van der Waals surface area contributed by atoms with Crippen LogP contribution in [0.15, 0.2) is 24.3 Å². The minimum absolute atomic E-state index is 0.194. The number of rotatable bonds is 8. The van der Waals surface area contributed by atoms with Crippen molar-refractivity contribution in [3.63, 3.8) is 0 Å². The zero-order valence-electron chi connectivity index (χ0n) is 13.7. The molecule has 1 aromatic rings. The van der Waals surface area contributed by atoms with Gasteiger partial charge in [0.05, 0.1) is 12.7 Å². The van der Waals surface area contributed by atoms with Crippen molar-refractivity contribution in [1.82, 2.24) is 4.90 Å². The molecule has 0 radical (unpaired) electrons. The van der Waals surface area contributed by atoms with E-state index in [1.165, 1.54) is 12.8 Å². The number of aliphatic hydroxyl groups excluding tert-OH is 1. The first-order chi connectivity index (χ1) is 11.1. The molecule has 2 amide bonds. The highest BCUT2D eigenvalue weighted by atomic mass is 16.5. The fourth-order valence-corrected chi connectivity index (χ4v) is 2.58. The van der Waals surface area contributed by atoms with E-state index in [4.69, 9.17) is 4.74 Å². The molecule has 5 heteroatoms. The van der Waals surface area contributed by atoms with Gasteiger partial charge in [-0.05, 0) is 55.2 Å². The van der Waals surface area contributed by atoms with E-state index >= 15 is 0 Å². The van der Waals surface area contributed by atoms with E-state index in [-0.39, 0.29) is 6.03 Å². The second kappa shape index (κ2) is 7.32. The fraction of sp³-hybridized carbons (Fsp3) is 0.611. The predicted molar refractivity (Wildman–Crippen MR) is 89.2 cm³/mol. The number of carbonyl (C=O) groups is 1. The van der Waals surface area contributed by atoms with E-state index in [0.29, 0.717) is 19.1 Å². The van der Waals surface area contributed by atoms with Crippen molar-refractivity contribution in [3.05, 3.63) is 29.8 Å². The molecule has 3 rings (SSSR count). The van der Waals surface area contributed by atoms with Crippen LogP contribution >= 0.6 is 0 Å². The van der Waals surface area contributed by atoms with Gasteiger partial charge in [-0.1, -0.05) is 12.1 Å². The van der Waals surface area contributed by atoms with Crippen molar-refractivity contribution in [3.8, 4) is 0 Å². The summed E-state index contributed by atoms with van der Waals surface area (Å²) >= 11 is 0. The number of likely N-dealkylation sites (N-methyl/N-ethyl adjacent to an activating group) is 1. The van der Waals surface area contributed by atoms with Gasteiger partial charge in [-0.3, -0.25) is 0 Å². The Morgan fingerprint density at radius 1 is 1.39 bits per heavy atom. The Morgan fingerprint density at radius 2 is 2.17 bits per heavy atom. The molecule has 0 saturated heterocycles. The summed E-state index contributed by atoms with van der Waals surface area (Å²) in [6.07, 6.45) is 4.30. The largest absolute Gasteiger partial charge is 0.391 e. The number of ether oxygens (including phenoxy) is 1. The molecule has 126 valence electrons. The highest BCUT2D eigenvalue weighted by Crippen LogP contribution is 2.32. The average molecular weight is 318 g/mol. The predicted octanol–water partition coefficient (Wildman–Crippen LogP) is 2.85. The van der Waals surface area contributed by atoms with Gasteiger partial charge in [0.2, 0.25) is 0 Å². The van der Waals surface area contributed by atoms with Gasteiger partial charge < -0.3 is 20.1 Å². The number of nitrogens with one attached hydrogen (secondary N) is 1. The van der Waals surface area contributed by atoms with Gasteiger partial charge in [0, 0.05) is 25.9 Å². The molecule has 2 fully saturated rings. The summed E-state index contributed by atoms with van der Waals surface area (Å²) in [5.74, 6) is 1.13. The van der Waals surface area contributed by atoms with Crippen molar-refractivity contribution < 1.29 is 14.6 Å². The highest BCUT2D eigenvalue weighted by Gasteiger charge is 2.31. The monoisotopic (exact) mass is 318 g/mol. The number of aliphatic hydroxyl groups is 1. The molecule has 0 bridgehead atoms. The lowest BCUT2D eigenvalue weighted by molar-refractivity contribution is 0.111. The van der Waals surface area contributed by atoms with Crippen LogP contribution in [0.4, 0.5) is 10.5 Å². The van der Waals surface area contributed by atoms with Crippen LogP contribution in [0.5, 0.6) is 0 Å². The molecule has 2 saturated carbocycles.